The minimum absolute atomic E-state index is 0.00639. The lowest BCUT2D eigenvalue weighted by Crippen LogP contribution is -2.57. The fourth-order valence-corrected chi connectivity index (χ4v) is 9.97. The number of fused-ring (bicyclic) bond motifs is 5. The molecule has 2 bridgehead atoms. The molecule has 1 saturated heterocycles. The Kier molecular flexibility index (Phi) is 13.8. The van der Waals surface area contributed by atoms with Crippen LogP contribution in [0.3, 0.4) is 0 Å². The number of carbonyl (C=O) groups is 5. The van der Waals surface area contributed by atoms with E-state index in [9.17, 15) is 34.2 Å². The molecule has 2 aliphatic carbocycles. The maximum absolute atomic E-state index is 14.8. The van der Waals surface area contributed by atoms with Crippen LogP contribution in [-0.2, 0) is 38.2 Å². The highest BCUT2D eigenvalue weighted by Gasteiger charge is 2.60. The monoisotopic (exact) mass is 742 g/mol. The number of ketones is 3. The third kappa shape index (κ3) is 9.24. The molecule has 0 aromatic heterocycles. The van der Waals surface area contributed by atoms with E-state index in [1.54, 1.807) is 6.92 Å². The molecule has 2 fully saturated rings. The molecule has 4 rings (SSSR count). The normalized spacial score (nSPS) is 40.8. The average molecular weight is 743 g/mol. The molecule has 0 aromatic carbocycles. The van der Waals surface area contributed by atoms with Crippen LogP contribution in [0, 0.1) is 40.9 Å². The van der Waals surface area contributed by atoms with Crippen molar-refractivity contribution in [3.05, 3.63) is 22.8 Å². The molecule has 11 atom stereocenters. The minimum Gasteiger partial charge on any atom is -0.469 e. The van der Waals surface area contributed by atoms with Crippen molar-refractivity contribution in [1.82, 2.24) is 0 Å². The van der Waals surface area contributed by atoms with Gasteiger partial charge in [-0.15, -0.1) is 0 Å². The van der Waals surface area contributed by atoms with Crippen LogP contribution in [0.5, 0.6) is 0 Å². The first-order valence-electron chi connectivity index (χ1n) is 20.0. The number of aliphatic hydroxyl groups is 2. The molecule has 1 saturated carbocycles. The molecule has 10 nitrogen and oxygen atoms in total. The van der Waals surface area contributed by atoms with Gasteiger partial charge in [-0.2, -0.15) is 0 Å². The molecule has 298 valence electrons. The molecule has 0 aromatic rings. The predicted molar refractivity (Wildman–Crippen MR) is 200 cm³/mol. The van der Waals surface area contributed by atoms with Crippen LogP contribution < -0.4 is 0 Å². The summed E-state index contributed by atoms with van der Waals surface area (Å²) in [5.74, 6) is -4.42. The van der Waals surface area contributed by atoms with E-state index < -0.39 is 64.6 Å². The lowest BCUT2D eigenvalue weighted by Gasteiger charge is -2.51. The standard InChI is InChI=1S/C43H66O10/c1-24(2)30-21-33(45)27(5)13-11-12-25(3)19-34(46)31-20-28(6)39-32(43(31,23-35(30)47)40(49)51-10)18-26(4)14-15-38-42(9,53-29(7)44)17-16-37(52-38)41(8,50)22-36(39)48/h18,24-25,27,30-32,36-38,48,50H,11-17,19-23H2,1-10H3/b26-18+/t25-,27+,30-,31+,32-,36-,37+,38-,41-,42+,43+/m0/s1. The second-order valence-corrected chi connectivity index (χ2v) is 18.0. The Morgan fingerprint density at radius 1 is 0.943 bits per heavy atom. The smallest absolute Gasteiger partial charge is 0.313 e. The molecule has 2 N–H and O–H groups in total. The van der Waals surface area contributed by atoms with Gasteiger partial charge in [0.25, 0.3) is 0 Å². The number of rotatable bonds is 3. The molecular formula is C43H66O10. The highest BCUT2D eigenvalue weighted by atomic mass is 16.6. The van der Waals surface area contributed by atoms with E-state index in [-0.39, 0.29) is 67.2 Å². The van der Waals surface area contributed by atoms with E-state index in [1.807, 2.05) is 54.5 Å². The summed E-state index contributed by atoms with van der Waals surface area (Å²) in [7, 11) is 1.27. The highest BCUT2D eigenvalue weighted by molar-refractivity contribution is 5.97. The first-order chi connectivity index (χ1) is 24.7. The van der Waals surface area contributed by atoms with E-state index >= 15 is 0 Å². The molecule has 0 spiro atoms. The number of Topliss-reactive ketones (excluding diaryl/α,β-unsaturated/α-hetero) is 3. The first-order valence-corrected chi connectivity index (χ1v) is 20.0. The van der Waals surface area contributed by atoms with Crippen molar-refractivity contribution in [3.8, 4) is 0 Å². The van der Waals surface area contributed by atoms with Crippen LogP contribution in [0.1, 0.15) is 139 Å². The summed E-state index contributed by atoms with van der Waals surface area (Å²) >= 11 is 0. The van der Waals surface area contributed by atoms with Gasteiger partial charge in [-0.05, 0) is 83.6 Å². The summed E-state index contributed by atoms with van der Waals surface area (Å²) < 4.78 is 18.0. The van der Waals surface area contributed by atoms with Crippen LogP contribution in [0.15, 0.2) is 22.8 Å². The average Bonchev–Trinajstić information content (AvgIpc) is 3.05. The van der Waals surface area contributed by atoms with Gasteiger partial charge in [-0.25, -0.2) is 0 Å². The lowest BCUT2D eigenvalue weighted by atomic mass is 9.52. The van der Waals surface area contributed by atoms with Crippen LogP contribution in [0.25, 0.3) is 0 Å². The van der Waals surface area contributed by atoms with Gasteiger partial charge in [-0.1, -0.05) is 57.8 Å². The summed E-state index contributed by atoms with van der Waals surface area (Å²) in [5.41, 5.74) is -2.08. The molecule has 2 aliphatic heterocycles. The number of allylic oxidation sites excluding steroid dienone is 3. The predicted octanol–water partition coefficient (Wildman–Crippen LogP) is 6.82. The maximum Gasteiger partial charge on any atom is 0.313 e. The fourth-order valence-electron chi connectivity index (χ4n) is 9.97. The van der Waals surface area contributed by atoms with E-state index in [0.29, 0.717) is 37.7 Å². The Bertz CT molecular complexity index is 1470. The van der Waals surface area contributed by atoms with E-state index in [1.165, 1.54) is 14.0 Å². The molecule has 53 heavy (non-hydrogen) atoms. The fraction of sp³-hybridized carbons (Fsp3) is 0.791. The second kappa shape index (κ2) is 17.0. The van der Waals surface area contributed by atoms with E-state index in [0.717, 1.165) is 24.0 Å². The SMILES string of the molecule is COC(=O)[C@]12CC(=O)[C@H](C(C)C)CC(=O)[C@H](C)CCC[C@H](C)CC(=O)[C@H]1CC(C)=C1[C@@H](O)C[C@](C)(O)[C@H]3CC[C@@](C)(OC(C)=O)[C@H](CC/C(C)=C/[C@@H]12)O3. The molecule has 4 aliphatic rings. The van der Waals surface area contributed by atoms with Crippen molar-refractivity contribution >= 4 is 29.3 Å². The van der Waals surface area contributed by atoms with Gasteiger partial charge in [0.1, 0.15) is 23.0 Å². The zero-order valence-corrected chi connectivity index (χ0v) is 33.9. The number of ether oxygens (including phenoxy) is 3. The van der Waals surface area contributed by atoms with Gasteiger partial charge in [-0.3, -0.25) is 24.0 Å². The third-order valence-corrected chi connectivity index (χ3v) is 13.2. The molecule has 10 heteroatoms. The van der Waals surface area contributed by atoms with Crippen molar-refractivity contribution < 1.29 is 48.4 Å². The number of hydrogen-bond acceptors (Lipinski definition) is 10. The molecule has 0 radical (unpaired) electrons. The van der Waals surface area contributed by atoms with E-state index in [2.05, 4.69) is 0 Å². The van der Waals surface area contributed by atoms with Crippen molar-refractivity contribution in [1.29, 1.82) is 0 Å². The topological polar surface area (TPSA) is 154 Å². The number of methoxy groups -OCH3 is 1. The third-order valence-electron chi connectivity index (χ3n) is 13.2. The van der Waals surface area contributed by atoms with E-state index in [4.69, 9.17) is 14.2 Å². The van der Waals surface area contributed by atoms with Gasteiger partial charge >= 0.3 is 11.9 Å². The van der Waals surface area contributed by atoms with Crippen molar-refractivity contribution in [2.45, 2.75) is 169 Å². The first kappa shape index (κ1) is 43.0. The molecule has 0 unspecified atom stereocenters. The van der Waals surface area contributed by atoms with Crippen LogP contribution in [-0.4, -0.2) is 76.1 Å². The largest absolute Gasteiger partial charge is 0.469 e. The Hall–Kier alpha value is -2.69. The Labute approximate surface area is 316 Å². The summed E-state index contributed by atoms with van der Waals surface area (Å²) in [5, 5.41) is 24.3. The van der Waals surface area contributed by atoms with Crippen LogP contribution in [0.2, 0.25) is 0 Å². The van der Waals surface area contributed by atoms with Gasteiger partial charge in [0, 0.05) is 56.3 Å². The number of aliphatic hydroxyl groups excluding tert-OH is 1. The summed E-state index contributed by atoms with van der Waals surface area (Å²) in [6.07, 6.45) is 3.33. The van der Waals surface area contributed by atoms with Gasteiger partial charge in [0.05, 0.1) is 36.4 Å². The number of hydrogen-bond donors (Lipinski definition) is 2. The van der Waals surface area contributed by atoms with Crippen LogP contribution in [0.4, 0.5) is 0 Å². The van der Waals surface area contributed by atoms with Gasteiger partial charge in [0.15, 0.2) is 0 Å². The summed E-state index contributed by atoms with van der Waals surface area (Å²) in [6, 6.07) is 0. The summed E-state index contributed by atoms with van der Waals surface area (Å²) in [6.45, 7) is 16.4. The quantitative estimate of drug-likeness (QED) is 0.233. The molecular weight excluding hydrogens is 676 g/mol. The highest BCUT2D eigenvalue weighted by Crippen LogP contribution is 2.56. The van der Waals surface area contributed by atoms with Crippen LogP contribution >= 0.6 is 0 Å². The van der Waals surface area contributed by atoms with Crippen molar-refractivity contribution in [2.24, 2.45) is 40.9 Å². The Balaban J connectivity index is 1.97. The van der Waals surface area contributed by atoms with Crippen molar-refractivity contribution in [2.75, 3.05) is 7.11 Å². The molecule has 0 amide bonds. The summed E-state index contributed by atoms with van der Waals surface area (Å²) in [4.78, 5) is 69.9. The number of esters is 2. The minimum atomic E-state index is -1.71. The van der Waals surface area contributed by atoms with Gasteiger partial charge in [0.2, 0.25) is 0 Å². The zero-order chi connectivity index (χ0) is 39.6. The second-order valence-electron chi connectivity index (χ2n) is 18.0. The van der Waals surface area contributed by atoms with Crippen molar-refractivity contribution in [3.63, 3.8) is 0 Å². The lowest BCUT2D eigenvalue weighted by molar-refractivity contribution is -0.230. The Morgan fingerprint density at radius 3 is 2.25 bits per heavy atom. The van der Waals surface area contributed by atoms with Gasteiger partial charge < -0.3 is 24.4 Å². The maximum atomic E-state index is 14.8. The molecule has 2 heterocycles. The Morgan fingerprint density at radius 2 is 1.62 bits per heavy atom. The number of carbonyl (C=O) groups excluding carboxylic acids is 5. The zero-order valence-electron chi connectivity index (χ0n) is 33.9.